The number of urea groups is 1. The molecule has 2 aromatic rings. The maximum Gasteiger partial charge on any atom is 0.393 e. The molecule has 3 aliphatic rings. The quantitative estimate of drug-likeness (QED) is 0.769. The molecule has 3 aliphatic heterocycles. The number of carbonyl (C=O) groups is 1. The van der Waals surface area contributed by atoms with E-state index in [0.717, 1.165) is 25.1 Å². The number of nitrogens with zero attached hydrogens (tertiary/aromatic N) is 5. The van der Waals surface area contributed by atoms with Crippen LogP contribution in [0.25, 0.3) is 0 Å². The second kappa shape index (κ2) is 7.58. The lowest BCUT2D eigenvalue weighted by Gasteiger charge is -2.34. The maximum atomic E-state index is 13.3. The summed E-state index contributed by atoms with van der Waals surface area (Å²) in [5.41, 5.74) is 1.47. The maximum absolute atomic E-state index is 13.3. The Morgan fingerprint density at radius 1 is 1.06 bits per heavy atom. The fraction of sp³-hybridized carbons (Fsp3) is 0.476. The van der Waals surface area contributed by atoms with Crippen molar-refractivity contribution in [2.45, 2.75) is 38.0 Å². The Labute approximate surface area is 177 Å². The van der Waals surface area contributed by atoms with E-state index in [2.05, 4.69) is 20.2 Å². The Morgan fingerprint density at radius 3 is 2.61 bits per heavy atom. The summed E-state index contributed by atoms with van der Waals surface area (Å²) in [6.45, 7) is 1.23. The molecule has 5 heterocycles. The summed E-state index contributed by atoms with van der Waals surface area (Å²) >= 11 is 0. The molecule has 2 amide bonds. The third-order valence-corrected chi connectivity index (χ3v) is 6.26. The van der Waals surface area contributed by atoms with Crippen molar-refractivity contribution in [3.05, 3.63) is 36.7 Å². The van der Waals surface area contributed by atoms with Crippen LogP contribution in [0.2, 0.25) is 0 Å². The summed E-state index contributed by atoms with van der Waals surface area (Å²) in [7, 11) is 0. The summed E-state index contributed by atoms with van der Waals surface area (Å²) in [5, 5.41) is 2.88. The standard InChI is InChI=1S/C21H23F3N6O/c22-21(23,24)14-3-1-11-28(13-14)17-6-5-16-19(27-17)30(18-4-2-12-29(16)18)20(31)26-15-7-9-25-10-8-15/h5-10,14,18H,1-4,11-13H2,(H,25,26,31)/t14?,18-/m1/s1. The van der Waals surface area contributed by atoms with Crippen molar-refractivity contribution >= 4 is 29.0 Å². The summed E-state index contributed by atoms with van der Waals surface area (Å²) in [5.74, 6) is -0.371. The van der Waals surface area contributed by atoms with Gasteiger partial charge in [0.2, 0.25) is 0 Å². The SMILES string of the molecule is O=C(Nc1ccncc1)N1c2nc(N3CCCC(C(F)(F)F)C3)ccc2N2CCC[C@H]21. The Morgan fingerprint density at radius 2 is 1.84 bits per heavy atom. The molecule has 164 valence electrons. The molecule has 2 fully saturated rings. The molecule has 0 aromatic carbocycles. The molecule has 10 heteroatoms. The number of rotatable bonds is 2. The highest BCUT2D eigenvalue weighted by Gasteiger charge is 2.45. The number of piperidine rings is 1. The average molecular weight is 432 g/mol. The van der Waals surface area contributed by atoms with Gasteiger partial charge in [-0.25, -0.2) is 9.78 Å². The van der Waals surface area contributed by atoms with Crippen LogP contribution in [-0.2, 0) is 0 Å². The van der Waals surface area contributed by atoms with Gasteiger partial charge in [-0.1, -0.05) is 0 Å². The number of amides is 2. The molecule has 1 unspecified atom stereocenters. The number of anilines is 4. The summed E-state index contributed by atoms with van der Waals surface area (Å²) < 4.78 is 39.8. The number of hydrogen-bond donors (Lipinski definition) is 1. The lowest BCUT2D eigenvalue weighted by molar-refractivity contribution is -0.176. The molecule has 7 nitrogen and oxygen atoms in total. The van der Waals surface area contributed by atoms with E-state index in [9.17, 15) is 18.0 Å². The van der Waals surface area contributed by atoms with E-state index in [0.29, 0.717) is 30.3 Å². The normalized spacial score (nSPS) is 23.0. The lowest BCUT2D eigenvalue weighted by atomic mass is 9.97. The predicted octanol–water partition coefficient (Wildman–Crippen LogP) is 4.23. The molecule has 0 radical (unpaired) electrons. The van der Waals surface area contributed by atoms with E-state index >= 15 is 0 Å². The van der Waals surface area contributed by atoms with Crippen LogP contribution in [0.15, 0.2) is 36.7 Å². The number of fused-ring (bicyclic) bond motifs is 3. The number of pyridine rings is 2. The molecular formula is C21H23F3N6O. The molecule has 0 spiro atoms. The fourth-order valence-corrected chi connectivity index (χ4v) is 4.75. The van der Waals surface area contributed by atoms with Crippen molar-refractivity contribution in [3.8, 4) is 0 Å². The van der Waals surface area contributed by atoms with Gasteiger partial charge in [-0.05, 0) is 49.9 Å². The molecule has 0 bridgehead atoms. The zero-order valence-corrected chi connectivity index (χ0v) is 16.8. The van der Waals surface area contributed by atoms with Crippen LogP contribution in [0.3, 0.4) is 0 Å². The minimum Gasteiger partial charge on any atom is -0.356 e. The summed E-state index contributed by atoms with van der Waals surface area (Å²) in [4.78, 5) is 27.3. The van der Waals surface area contributed by atoms with Crippen molar-refractivity contribution in [2.75, 3.05) is 39.7 Å². The molecule has 1 N–H and O–H groups in total. The van der Waals surface area contributed by atoms with Crippen LogP contribution in [0.1, 0.15) is 25.7 Å². The first-order chi connectivity index (χ1) is 14.9. The summed E-state index contributed by atoms with van der Waals surface area (Å²) in [6, 6.07) is 6.76. The third kappa shape index (κ3) is 3.64. The van der Waals surface area contributed by atoms with Gasteiger partial charge in [-0.3, -0.25) is 9.88 Å². The van der Waals surface area contributed by atoms with Gasteiger partial charge in [-0.2, -0.15) is 13.2 Å². The first-order valence-electron chi connectivity index (χ1n) is 10.5. The number of nitrogens with one attached hydrogen (secondary N) is 1. The van der Waals surface area contributed by atoms with Crippen LogP contribution in [0.5, 0.6) is 0 Å². The van der Waals surface area contributed by atoms with Crippen molar-refractivity contribution in [1.82, 2.24) is 9.97 Å². The van der Waals surface area contributed by atoms with Gasteiger partial charge < -0.3 is 15.1 Å². The zero-order valence-electron chi connectivity index (χ0n) is 16.8. The monoisotopic (exact) mass is 432 g/mol. The number of aromatic nitrogens is 2. The van der Waals surface area contributed by atoms with E-state index in [1.54, 1.807) is 40.4 Å². The fourth-order valence-electron chi connectivity index (χ4n) is 4.75. The van der Waals surface area contributed by atoms with E-state index in [4.69, 9.17) is 0 Å². The van der Waals surface area contributed by atoms with Crippen molar-refractivity contribution in [3.63, 3.8) is 0 Å². The first kappa shape index (κ1) is 19.9. The molecule has 2 atom stereocenters. The second-order valence-corrected chi connectivity index (χ2v) is 8.19. The van der Waals surface area contributed by atoms with Crippen LogP contribution in [0, 0.1) is 5.92 Å². The molecule has 31 heavy (non-hydrogen) atoms. The van der Waals surface area contributed by atoms with E-state index < -0.39 is 12.1 Å². The van der Waals surface area contributed by atoms with E-state index in [1.807, 2.05) is 6.07 Å². The minimum atomic E-state index is -4.21. The predicted molar refractivity (Wildman–Crippen MR) is 111 cm³/mol. The zero-order chi connectivity index (χ0) is 21.6. The minimum absolute atomic E-state index is 0.106. The molecular weight excluding hydrogens is 409 g/mol. The molecule has 0 saturated carbocycles. The largest absolute Gasteiger partial charge is 0.393 e. The van der Waals surface area contributed by atoms with Crippen molar-refractivity contribution < 1.29 is 18.0 Å². The lowest BCUT2D eigenvalue weighted by Crippen LogP contribution is -2.45. The van der Waals surface area contributed by atoms with Gasteiger partial charge in [0, 0.05) is 37.7 Å². The van der Waals surface area contributed by atoms with E-state index in [-0.39, 0.29) is 25.2 Å². The van der Waals surface area contributed by atoms with Gasteiger partial charge >= 0.3 is 12.2 Å². The average Bonchev–Trinajstić information content (AvgIpc) is 3.34. The molecule has 5 rings (SSSR count). The Kier molecular flexibility index (Phi) is 4.86. The Hall–Kier alpha value is -3.04. The first-order valence-corrected chi connectivity index (χ1v) is 10.5. The van der Waals surface area contributed by atoms with Gasteiger partial charge in [-0.15, -0.1) is 0 Å². The highest BCUT2D eigenvalue weighted by Crippen LogP contribution is 2.44. The van der Waals surface area contributed by atoms with Crippen molar-refractivity contribution in [1.29, 1.82) is 0 Å². The van der Waals surface area contributed by atoms with Gasteiger partial charge in [0.15, 0.2) is 5.82 Å². The number of halogens is 3. The Bertz CT molecular complexity index is 969. The number of hydrogen-bond acceptors (Lipinski definition) is 5. The summed E-state index contributed by atoms with van der Waals surface area (Å²) in [6.07, 6.45) is 1.22. The smallest absolute Gasteiger partial charge is 0.356 e. The molecule has 0 aliphatic carbocycles. The highest BCUT2D eigenvalue weighted by molar-refractivity contribution is 6.06. The van der Waals surface area contributed by atoms with Crippen LogP contribution >= 0.6 is 0 Å². The topological polar surface area (TPSA) is 64.6 Å². The van der Waals surface area contributed by atoms with Gasteiger partial charge in [0.05, 0.1) is 11.6 Å². The molecule has 2 saturated heterocycles. The van der Waals surface area contributed by atoms with Crippen LogP contribution in [-0.4, -0.2) is 48.0 Å². The van der Waals surface area contributed by atoms with E-state index in [1.165, 1.54) is 0 Å². The third-order valence-electron chi connectivity index (χ3n) is 6.26. The van der Waals surface area contributed by atoms with Crippen LogP contribution in [0.4, 0.5) is 41.0 Å². The van der Waals surface area contributed by atoms with Gasteiger partial charge in [0.25, 0.3) is 0 Å². The van der Waals surface area contributed by atoms with Gasteiger partial charge in [0.1, 0.15) is 12.0 Å². The number of alkyl halides is 3. The number of carbonyl (C=O) groups excluding carboxylic acids is 1. The van der Waals surface area contributed by atoms with Crippen LogP contribution < -0.4 is 20.0 Å². The second-order valence-electron chi connectivity index (χ2n) is 8.19. The Balaban J connectivity index is 1.44. The molecule has 2 aromatic heterocycles. The highest BCUT2D eigenvalue weighted by atomic mass is 19.4. The van der Waals surface area contributed by atoms with Crippen molar-refractivity contribution in [2.24, 2.45) is 5.92 Å².